The molecule has 3 saturated carbocycles. The lowest BCUT2D eigenvalue weighted by molar-refractivity contribution is -0.156. The van der Waals surface area contributed by atoms with Crippen LogP contribution in [0.15, 0.2) is 0 Å². The van der Waals surface area contributed by atoms with Crippen molar-refractivity contribution in [2.24, 2.45) is 0 Å². The first-order valence-electron chi connectivity index (χ1n) is 12.1. The van der Waals surface area contributed by atoms with Gasteiger partial charge in [-0.15, -0.1) is 0 Å². The van der Waals surface area contributed by atoms with Gasteiger partial charge in [-0.2, -0.15) is 0 Å². The lowest BCUT2D eigenvalue weighted by atomic mass is 9.88. The summed E-state index contributed by atoms with van der Waals surface area (Å²) in [5.74, 6) is -1.19. The molecule has 0 radical (unpaired) electrons. The molecular weight excluding hydrogens is 398 g/mol. The van der Waals surface area contributed by atoms with Crippen LogP contribution < -0.4 is 5.32 Å². The molecule has 0 unspecified atom stereocenters. The average molecular weight is 434 g/mol. The third kappa shape index (κ3) is 4.72. The fraction of sp³-hybridized carbons (Fsp3) is 0.826. The van der Waals surface area contributed by atoms with Gasteiger partial charge in [-0.25, -0.2) is 4.79 Å². The van der Waals surface area contributed by atoms with E-state index in [1.54, 1.807) is 0 Å². The quantitative estimate of drug-likeness (QED) is 0.513. The zero-order chi connectivity index (χ0) is 21.8. The van der Waals surface area contributed by atoms with Crippen molar-refractivity contribution in [1.82, 2.24) is 15.1 Å². The molecule has 4 fully saturated rings. The molecule has 172 valence electrons. The molecule has 4 rings (SSSR count). The molecule has 3 aliphatic carbocycles. The number of amides is 4. The third-order valence-electron chi connectivity index (χ3n) is 7.57. The lowest BCUT2D eigenvalue weighted by Crippen LogP contribution is -2.50. The molecule has 1 saturated heterocycles. The van der Waals surface area contributed by atoms with Gasteiger partial charge in [0.05, 0.1) is 0 Å². The summed E-state index contributed by atoms with van der Waals surface area (Å²) in [4.78, 5) is 53.4. The van der Waals surface area contributed by atoms with Gasteiger partial charge >= 0.3 is 12.0 Å². The molecule has 4 amide bonds. The van der Waals surface area contributed by atoms with Crippen LogP contribution in [0.25, 0.3) is 0 Å². The molecule has 0 bridgehead atoms. The first kappa shape index (κ1) is 22.1. The number of esters is 1. The fourth-order valence-corrected chi connectivity index (χ4v) is 5.95. The standard InChI is InChI=1S/C23H35N3O5/c27-19(26(17-9-3-1-4-10-17)18-11-5-2-6-12-18)16-31-20(28)15-25-21(29)23(24-22(25)30)13-7-8-14-23/h17-18H,1-16H2,(H,24,30). The van der Waals surface area contributed by atoms with Crippen LogP contribution in [-0.4, -0.2) is 64.4 Å². The van der Waals surface area contributed by atoms with Crippen LogP contribution in [0.1, 0.15) is 89.9 Å². The smallest absolute Gasteiger partial charge is 0.326 e. The van der Waals surface area contributed by atoms with E-state index in [0.29, 0.717) is 12.8 Å². The van der Waals surface area contributed by atoms with E-state index in [4.69, 9.17) is 4.74 Å². The molecule has 31 heavy (non-hydrogen) atoms. The van der Waals surface area contributed by atoms with Crippen LogP contribution in [-0.2, 0) is 19.1 Å². The summed E-state index contributed by atoms with van der Waals surface area (Å²) >= 11 is 0. The Bertz CT molecular complexity index is 688. The van der Waals surface area contributed by atoms with Crippen molar-refractivity contribution in [3.63, 3.8) is 0 Å². The average Bonchev–Trinajstić information content (AvgIpc) is 3.34. The van der Waals surface area contributed by atoms with Gasteiger partial charge in [0.2, 0.25) is 0 Å². The van der Waals surface area contributed by atoms with Crippen LogP contribution in [0.2, 0.25) is 0 Å². The second-order valence-corrected chi connectivity index (χ2v) is 9.66. The van der Waals surface area contributed by atoms with Gasteiger partial charge in [0.1, 0.15) is 12.1 Å². The molecule has 4 aliphatic rings. The van der Waals surface area contributed by atoms with E-state index < -0.39 is 24.1 Å². The van der Waals surface area contributed by atoms with Crippen LogP contribution in [0, 0.1) is 0 Å². The molecule has 1 heterocycles. The van der Waals surface area contributed by atoms with Crippen molar-refractivity contribution < 1.29 is 23.9 Å². The summed E-state index contributed by atoms with van der Waals surface area (Å²) in [5.41, 5.74) is -0.841. The molecule has 1 aliphatic heterocycles. The van der Waals surface area contributed by atoms with Crippen molar-refractivity contribution >= 4 is 23.8 Å². The summed E-state index contributed by atoms with van der Waals surface area (Å²) in [7, 11) is 0. The zero-order valence-electron chi connectivity index (χ0n) is 18.4. The summed E-state index contributed by atoms with van der Waals surface area (Å²) in [5, 5.41) is 2.76. The second-order valence-electron chi connectivity index (χ2n) is 9.66. The summed E-state index contributed by atoms with van der Waals surface area (Å²) in [6.07, 6.45) is 14.0. The largest absolute Gasteiger partial charge is 0.454 e. The summed E-state index contributed by atoms with van der Waals surface area (Å²) in [6.45, 7) is -0.757. The van der Waals surface area contributed by atoms with Crippen LogP contribution in [0.5, 0.6) is 0 Å². The van der Waals surface area contributed by atoms with Crippen molar-refractivity contribution in [3.05, 3.63) is 0 Å². The summed E-state index contributed by atoms with van der Waals surface area (Å²) < 4.78 is 5.27. The molecule has 0 aromatic rings. The van der Waals surface area contributed by atoms with E-state index in [2.05, 4.69) is 5.32 Å². The van der Waals surface area contributed by atoms with E-state index in [0.717, 1.165) is 69.1 Å². The Labute approximate surface area is 184 Å². The number of hydrogen-bond acceptors (Lipinski definition) is 5. The van der Waals surface area contributed by atoms with E-state index in [1.165, 1.54) is 12.8 Å². The predicted octanol–water partition coefficient (Wildman–Crippen LogP) is 2.89. The second kappa shape index (κ2) is 9.57. The molecule has 0 aromatic carbocycles. The fourth-order valence-electron chi connectivity index (χ4n) is 5.95. The number of imide groups is 1. The minimum Gasteiger partial charge on any atom is -0.454 e. The number of carbonyl (C=O) groups is 4. The number of carbonyl (C=O) groups excluding carboxylic acids is 4. The number of ether oxygens (including phenoxy) is 1. The zero-order valence-corrected chi connectivity index (χ0v) is 18.4. The summed E-state index contributed by atoms with van der Waals surface area (Å²) in [6, 6.07) is -0.0753. The highest BCUT2D eigenvalue weighted by molar-refractivity contribution is 6.08. The molecule has 8 heteroatoms. The number of rotatable bonds is 6. The third-order valence-corrected chi connectivity index (χ3v) is 7.57. The van der Waals surface area contributed by atoms with Crippen molar-refractivity contribution in [3.8, 4) is 0 Å². The lowest BCUT2D eigenvalue weighted by Gasteiger charge is -2.41. The number of nitrogens with zero attached hydrogens (tertiary/aromatic N) is 2. The molecular formula is C23H35N3O5. The Morgan fingerprint density at radius 3 is 2.00 bits per heavy atom. The van der Waals surface area contributed by atoms with Crippen LogP contribution in [0.4, 0.5) is 4.79 Å². The van der Waals surface area contributed by atoms with Crippen molar-refractivity contribution in [2.45, 2.75) is 108 Å². The molecule has 1 spiro atoms. The Kier molecular flexibility index (Phi) is 6.82. The first-order chi connectivity index (χ1) is 15.0. The Morgan fingerprint density at radius 1 is 0.903 bits per heavy atom. The van der Waals surface area contributed by atoms with Gasteiger partial charge in [-0.05, 0) is 38.5 Å². The van der Waals surface area contributed by atoms with E-state index in [-0.39, 0.29) is 30.5 Å². The van der Waals surface area contributed by atoms with Gasteiger partial charge in [0, 0.05) is 12.1 Å². The highest BCUT2D eigenvalue weighted by Gasteiger charge is 2.52. The van der Waals surface area contributed by atoms with Gasteiger partial charge in [-0.1, -0.05) is 51.4 Å². The SMILES string of the molecule is O=C(CN1C(=O)NC2(CCCC2)C1=O)OCC(=O)N(C1CCCCC1)C1CCCCC1. The molecule has 0 aromatic heterocycles. The molecule has 1 N–H and O–H groups in total. The Balaban J connectivity index is 1.33. The highest BCUT2D eigenvalue weighted by Crippen LogP contribution is 2.35. The highest BCUT2D eigenvalue weighted by atomic mass is 16.5. The van der Waals surface area contributed by atoms with Crippen LogP contribution >= 0.6 is 0 Å². The van der Waals surface area contributed by atoms with Gasteiger partial charge in [0.15, 0.2) is 6.61 Å². The van der Waals surface area contributed by atoms with E-state index in [1.807, 2.05) is 4.90 Å². The number of hydrogen-bond donors (Lipinski definition) is 1. The van der Waals surface area contributed by atoms with E-state index in [9.17, 15) is 19.2 Å². The molecule has 8 nitrogen and oxygen atoms in total. The van der Waals surface area contributed by atoms with Gasteiger partial charge in [-0.3, -0.25) is 19.3 Å². The Morgan fingerprint density at radius 2 is 1.45 bits per heavy atom. The first-order valence-corrected chi connectivity index (χ1v) is 12.1. The minimum atomic E-state index is -0.841. The maximum Gasteiger partial charge on any atom is 0.326 e. The minimum absolute atomic E-state index is 0.142. The van der Waals surface area contributed by atoms with Crippen molar-refractivity contribution in [2.75, 3.05) is 13.2 Å². The van der Waals surface area contributed by atoms with E-state index >= 15 is 0 Å². The van der Waals surface area contributed by atoms with Gasteiger partial charge in [0.25, 0.3) is 11.8 Å². The monoisotopic (exact) mass is 433 g/mol. The maximum absolute atomic E-state index is 13.1. The topological polar surface area (TPSA) is 96.0 Å². The predicted molar refractivity (Wildman–Crippen MR) is 113 cm³/mol. The van der Waals surface area contributed by atoms with Crippen molar-refractivity contribution in [1.29, 1.82) is 0 Å². The normalized spacial score (nSPS) is 24.5. The molecule has 0 atom stereocenters. The number of urea groups is 1. The number of nitrogens with one attached hydrogen (secondary N) is 1. The van der Waals surface area contributed by atoms with Gasteiger partial charge < -0.3 is 15.0 Å². The van der Waals surface area contributed by atoms with Crippen LogP contribution in [0.3, 0.4) is 0 Å². The maximum atomic E-state index is 13.1. The Hall–Kier alpha value is -2.12.